The van der Waals surface area contributed by atoms with Crippen LogP contribution in [0, 0.1) is 23.2 Å². The van der Waals surface area contributed by atoms with Crippen molar-refractivity contribution in [3.05, 3.63) is 36.5 Å². The Morgan fingerprint density at radius 3 is 2.93 bits per heavy atom. The van der Waals surface area contributed by atoms with Crippen molar-refractivity contribution in [3.63, 3.8) is 0 Å². The first-order valence-corrected chi connectivity index (χ1v) is 5.25. The normalized spacial score (nSPS) is 25.2. The largest absolute Gasteiger partial charge is 0.377 e. The second kappa shape index (κ2) is 6.21. The number of ether oxygens (including phenoxy) is 1. The zero-order valence-corrected chi connectivity index (χ0v) is 9.15. The molecule has 2 atom stereocenters. The first-order chi connectivity index (χ1) is 7.27. The van der Waals surface area contributed by atoms with E-state index in [4.69, 9.17) is 10.00 Å². The van der Waals surface area contributed by atoms with Crippen LogP contribution in [0.1, 0.15) is 13.3 Å². The fraction of sp³-hybridized carbons (Fsp3) is 0.462. The van der Waals surface area contributed by atoms with Crippen molar-refractivity contribution in [3.8, 4) is 6.07 Å². The van der Waals surface area contributed by atoms with Gasteiger partial charge in [0, 0.05) is 0 Å². The van der Waals surface area contributed by atoms with Crippen molar-refractivity contribution >= 4 is 0 Å². The molecule has 80 valence electrons. The van der Waals surface area contributed by atoms with Gasteiger partial charge in [-0.05, 0) is 30.4 Å². The lowest BCUT2D eigenvalue weighted by Gasteiger charge is -1.97. The molecule has 15 heavy (non-hydrogen) atoms. The van der Waals surface area contributed by atoms with Crippen LogP contribution in [-0.4, -0.2) is 13.2 Å². The fourth-order valence-corrected chi connectivity index (χ4v) is 1.35. The lowest BCUT2D eigenvalue weighted by molar-refractivity contribution is 0.148. The third kappa shape index (κ3) is 4.62. The Hall–Kier alpha value is -1.33. The maximum absolute atomic E-state index is 8.69. The molecule has 0 saturated heterocycles. The highest BCUT2D eigenvalue weighted by atomic mass is 16.5. The van der Waals surface area contributed by atoms with E-state index in [-0.39, 0.29) is 0 Å². The number of nitrogens with zero attached hydrogens (tertiary/aromatic N) is 1. The molecule has 0 amide bonds. The summed E-state index contributed by atoms with van der Waals surface area (Å²) in [4.78, 5) is 0. The lowest BCUT2D eigenvalue weighted by atomic mass is 10.2. The maximum Gasteiger partial charge on any atom is 0.0991 e. The Morgan fingerprint density at radius 2 is 2.40 bits per heavy atom. The molecule has 0 aromatic rings. The summed E-state index contributed by atoms with van der Waals surface area (Å²) in [6.45, 7) is 7.21. The molecular weight excluding hydrogens is 186 g/mol. The molecular formula is C13H17NO. The molecule has 1 aliphatic rings. The van der Waals surface area contributed by atoms with Crippen LogP contribution in [0.15, 0.2) is 36.5 Å². The van der Waals surface area contributed by atoms with Crippen LogP contribution in [0.5, 0.6) is 0 Å². The van der Waals surface area contributed by atoms with Gasteiger partial charge in [0.25, 0.3) is 0 Å². The highest BCUT2D eigenvalue weighted by Crippen LogP contribution is 2.37. The van der Waals surface area contributed by atoms with Gasteiger partial charge in [0.1, 0.15) is 0 Å². The Morgan fingerprint density at radius 1 is 1.67 bits per heavy atom. The summed E-state index contributed by atoms with van der Waals surface area (Å²) in [5.74, 6) is 1.60. The SMILES string of the molecule is C=C/C=C(C#N)\C=C/COCC1CC1C. The van der Waals surface area contributed by atoms with Crippen LogP contribution in [-0.2, 0) is 4.74 Å². The second-order valence-corrected chi connectivity index (χ2v) is 3.88. The zero-order valence-electron chi connectivity index (χ0n) is 9.15. The van der Waals surface area contributed by atoms with E-state index in [2.05, 4.69) is 19.6 Å². The number of allylic oxidation sites excluding steroid dienone is 4. The molecule has 0 bridgehead atoms. The van der Waals surface area contributed by atoms with Crippen molar-refractivity contribution in [1.82, 2.24) is 0 Å². The standard InChI is InChI=1S/C13H17NO/c1-3-5-12(9-14)6-4-7-15-10-13-8-11(13)2/h3-6,11,13H,1,7-8,10H2,2H3/b6-4-,12-5+. The fourth-order valence-electron chi connectivity index (χ4n) is 1.35. The summed E-state index contributed by atoms with van der Waals surface area (Å²) in [5.41, 5.74) is 0.605. The molecule has 1 aliphatic carbocycles. The molecule has 0 heterocycles. The zero-order chi connectivity index (χ0) is 11.1. The third-order valence-corrected chi connectivity index (χ3v) is 2.55. The van der Waals surface area contributed by atoms with E-state index in [0.29, 0.717) is 12.2 Å². The van der Waals surface area contributed by atoms with Crippen molar-refractivity contribution in [2.45, 2.75) is 13.3 Å². The molecule has 2 nitrogen and oxygen atoms in total. The summed E-state index contributed by atoms with van der Waals surface area (Å²) in [7, 11) is 0. The molecule has 0 N–H and O–H groups in total. The first-order valence-electron chi connectivity index (χ1n) is 5.25. The van der Waals surface area contributed by atoms with E-state index >= 15 is 0 Å². The Labute approximate surface area is 91.6 Å². The number of rotatable bonds is 6. The van der Waals surface area contributed by atoms with E-state index in [9.17, 15) is 0 Å². The van der Waals surface area contributed by atoms with Gasteiger partial charge >= 0.3 is 0 Å². The Kier molecular flexibility index (Phi) is 4.86. The van der Waals surface area contributed by atoms with Crippen LogP contribution >= 0.6 is 0 Å². The summed E-state index contributed by atoms with van der Waals surface area (Å²) in [6.07, 6.45) is 8.21. The summed E-state index contributed by atoms with van der Waals surface area (Å²) in [5, 5.41) is 8.69. The number of nitriles is 1. The van der Waals surface area contributed by atoms with E-state index in [1.807, 2.05) is 6.08 Å². The number of hydrogen-bond acceptors (Lipinski definition) is 2. The van der Waals surface area contributed by atoms with Gasteiger partial charge in [0.05, 0.1) is 24.9 Å². The van der Waals surface area contributed by atoms with Gasteiger partial charge in [0.15, 0.2) is 0 Å². The predicted octanol–water partition coefficient (Wildman–Crippen LogP) is 2.85. The van der Waals surface area contributed by atoms with Gasteiger partial charge in [-0.25, -0.2) is 0 Å². The van der Waals surface area contributed by atoms with Crippen molar-refractivity contribution in [2.24, 2.45) is 11.8 Å². The highest BCUT2D eigenvalue weighted by Gasteiger charge is 2.32. The average molecular weight is 203 g/mol. The minimum atomic E-state index is 0.583. The molecule has 2 unspecified atom stereocenters. The monoisotopic (exact) mass is 203 g/mol. The molecule has 1 rings (SSSR count). The number of hydrogen-bond donors (Lipinski definition) is 0. The van der Waals surface area contributed by atoms with Crippen molar-refractivity contribution < 1.29 is 4.74 Å². The van der Waals surface area contributed by atoms with E-state index < -0.39 is 0 Å². The van der Waals surface area contributed by atoms with Crippen molar-refractivity contribution in [1.29, 1.82) is 5.26 Å². The van der Waals surface area contributed by atoms with Gasteiger partial charge < -0.3 is 4.74 Å². The molecule has 1 saturated carbocycles. The molecule has 0 radical (unpaired) electrons. The van der Waals surface area contributed by atoms with Crippen LogP contribution in [0.25, 0.3) is 0 Å². The molecule has 1 fully saturated rings. The lowest BCUT2D eigenvalue weighted by Crippen LogP contribution is -1.97. The van der Waals surface area contributed by atoms with Crippen LogP contribution in [0.4, 0.5) is 0 Å². The predicted molar refractivity (Wildman–Crippen MR) is 61.1 cm³/mol. The maximum atomic E-state index is 8.69. The van der Waals surface area contributed by atoms with Crippen molar-refractivity contribution in [2.75, 3.05) is 13.2 Å². The molecule has 0 aliphatic heterocycles. The van der Waals surface area contributed by atoms with E-state index in [1.165, 1.54) is 6.42 Å². The smallest absolute Gasteiger partial charge is 0.0991 e. The molecule has 0 aromatic carbocycles. The van der Waals surface area contributed by atoms with E-state index in [1.54, 1.807) is 18.2 Å². The molecule has 0 aromatic heterocycles. The Bertz CT molecular complexity index is 309. The van der Waals surface area contributed by atoms with Gasteiger partial charge in [-0.2, -0.15) is 5.26 Å². The van der Waals surface area contributed by atoms with E-state index in [0.717, 1.165) is 18.4 Å². The van der Waals surface area contributed by atoms with Crippen LogP contribution in [0.3, 0.4) is 0 Å². The van der Waals surface area contributed by atoms with Crippen LogP contribution in [0.2, 0.25) is 0 Å². The van der Waals surface area contributed by atoms with Gasteiger partial charge in [-0.15, -0.1) is 0 Å². The average Bonchev–Trinajstić information content (AvgIpc) is 2.92. The molecule has 0 spiro atoms. The van der Waals surface area contributed by atoms with Gasteiger partial charge in [-0.1, -0.05) is 25.7 Å². The third-order valence-electron chi connectivity index (χ3n) is 2.55. The quantitative estimate of drug-likeness (QED) is 0.378. The molecule has 2 heteroatoms. The first kappa shape index (κ1) is 11.7. The summed E-state index contributed by atoms with van der Waals surface area (Å²) < 4.78 is 5.45. The Balaban J connectivity index is 2.13. The summed E-state index contributed by atoms with van der Waals surface area (Å²) in [6, 6.07) is 2.07. The van der Waals surface area contributed by atoms with Crippen LogP contribution < -0.4 is 0 Å². The summed E-state index contributed by atoms with van der Waals surface area (Å²) >= 11 is 0. The van der Waals surface area contributed by atoms with Gasteiger partial charge in [0.2, 0.25) is 0 Å². The second-order valence-electron chi connectivity index (χ2n) is 3.88. The minimum absolute atomic E-state index is 0.583. The topological polar surface area (TPSA) is 33.0 Å². The minimum Gasteiger partial charge on any atom is -0.377 e. The van der Waals surface area contributed by atoms with Gasteiger partial charge in [-0.3, -0.25) is 0 Å². The highest BCUT2D eigenvalue weighted by molar-refractivity contribution is 5.35.